The molecule has 0 aliphatic carbocycles. The Labute approximate surface area is 154 Å². The van der Waals surface area contributed by atoms with E-state index in [9.17, 15) is 14.4 Å². The third kappa shape index (κ3) is 7.87. The van der Waals surface area contributed by atoms with E-state index in [2.05, 4.69) is 21.5 Å². The molecule has 0 aliphatic rings. The second-order valence-electron chi connectivity index (χ2n) is 7.08. The van der Waals surface area contributed by atoms with Crippen molar-refractivity contribution in [2.75, 3.05) is 11.9 Å². The summed E-state index contributed by atoms with van der Waals surface area (Å²) >= 11 is 0. The van der Waals surface area contributed by atoms with Gasteiger partial charge in [-0.1, -0.05) is 17.7 Å². The van der Waals surface area contributed by atoms with E-state index in [0.717, 1.165) is 16.8 Å². The maximum atomic E-state index is 11.9. The first kappa shape index (κ1) is 21.3. The Hall–Kier alpha value is -2.77. The van der Waals surface area contributed by atoms with Crippen molar-refractivity contribution in [3.8, 4) is 0 Å². The number of carbonyl (C=O) groups is 3. The highest BCUT2D eigenvalue weighted by atomic mass is 16.6. The molecule has 26 heavy (non-hydrogen) atoms. The number of ether oxygens (including phenoxy) is 1. The summed E-state index contributed by atoms with van der Waals surface area (Å²) < 4.78 is 5.06. The zero-order valence-corrected chi connectivity index (χ0v) is 16.1. The Balaban J connectivity index is 2.37. The number of amides is 3. The van der Waals surface area contributed by atoms with Crippen molar-refractivity contribution < 1.29 is 19.1 Å². The van der Waals surface area contributed by atoms with Crippen molar-refractivity contribution in [2.45, 2.75) is 53.2 Å². The van der Waals surface area contributed by atoms with Crippen LogP contribution in [0.1, 0.15) is 38.8 Å². The molecule has 1 aromatic carbocycles. The SMILES string of the molecule is Cc1ccc(NCC(=O)NNC(=O)C(C)NC(=O)OC(C)(C)C)c(C)c1. The smallest absolute Gasteiger partial charge is 0.408 e. The van der Waals surface area contributed by atoms with Crippen LogP contribution >= 0.6 is 0 Å². The molecule has 0 saturated heterocycles. The number of aryl methyl sites for hydroxylation is 2. The van der Waals surface area contributed by atoms with Crippen LogP contribution in [0.3, 0.4) is 0 Å². The summed E-state index contributed by atoms with van der Waals surface area (Å²) in [6, 6.07) is 4.98. The molecule has 0 spiro atoms. The first-order valence-electron chi connectivity index (χ1n) is 8.37. The van der Waals surface area contributed by atoms with Crippen molar-refractivity contribution in [3.63, 3.8) is 0 Å². The van der Waals surface area contributed by atoms with Gasteiger partial charge in [-0.2, -0.15) is 0 Å². The van der Waals surface area contributed by atoms with Gasteiger partial charge in [0.15, 0.2) is 0 Å². The third-order valence-corrected chi connectivity index (χ3v) is 3.27. The molecule has 0 fully saturated rings. The molecular formula is C18H28N4O4. The quantitative estimate of drug-likeness (QED) is 0.596. The van der Waals surface area contributed by atoms with E-state index in [0.29, 0.717) is 0 Å². The molecular weight excluding hydrogens is 336 g/mol. The number of benzene rings is 1. The molecule has 0 aliphatic heterocycles. The van der Waals surface area contributed by atoms with Crippen LogP contribution in [0.5, 0.6) is 0 Å². The minimum Gasteiger partial charge on any atom is -0.444 e. The van der Waals surface area contributed by atoms with Crippen molar-refractivity contribution in [2.24, 2.45) is 0 Å². The molecule has 1 aromatic rings. The first-order valence-corrected chi connectivity index (χ1v) is 8.37. The van der Waals surface area contributed by atoms with Crippen molar-refractivity contribution >= 4 is 23.6 Å². The van der Waals surface area contributed by atoms with Crippen LogP contribution in [0, 0.1) is 13.8 Å². The largest absolute Gasteiger partial charge is 0.444 e. The summed E-state index contributed by atoms with van der Waals surface area (Å²) in [5.74, 6) is -0.974. The number of hydrazine groups is 1. The topological polar surface area (TPSA) is 109 Å². The fourth-order valence-electron chi connectivity index (χ4n) is 2.02. The van der Waals surface area contributed by atoms with Crippen LogP contribution in [0.2, 0.25) is 0 Å². The molecule has 3 amide bonds. The predicted octanol–water partition coefficient (Wildman–Crippen LogP) is 1.78. The summed E-state index contributed by atoms with van der Waals surface area (Å²) in [6.45, 7) is 10.6. The highest BCUT2D eigenvalue weighted by Gasteiger charge is 2.21. The molecule has 0 aromatic heterocycles. The lowest BCUT2D eigenvalue weighted by molar-refractivity contribution is -0.129. The molecule has 1 atom stereocenters. The van der Waals surface area contributed by atoms with Crippen molar-refractivity contribution in [1.29, 1.82) is 0 Å². The lowest BCUT2D eigenvalue weighted by atomic mass is 10.1. The zero-order chi connectivity index (χ0) is 19.9. The minimum atomic E-state index is -0.863. The van der Waals surface area contributed by atoms with E-state index in [4.69, 9.17) is 4.74 Å². The van der Waals surface area contributed by atoms with Gasteiger partial charge in [0.2, 0.25) is 0 Å². The number of nitrogens with one attached hydrogen (secondary N) is 4. The first-order chi connectivity index (χ1) is 12.0. The zero-order valence-electron chi connectivity index (χ0n) is 16.1. The lowest BCUT2D eigenvalue weighted by Gasteiger charge is -2.21. The van der Waals surface area contributed by atoms with E-state index in [1.165, 1.54) is 6.92 Å². The number of rotatable bonds is 5. The molecule has 1 unspecified atom stereocenters. The number of hydrogen-bond donors (Lipinski definition) is 4. The van der Waals surface area contributed by atoms with E-state index in [1.54, 1.807) is 20.8 Å². The van der Waals surface area contributed by atoms with Crippen LogP contribution in [0.15, 0.2) is 18.2 Å². The Bertz CT molecular complexity index is 668. The monoisotopic (exact) mass is 364 g/mol. The van der Waals surface area contributed by atoms with Gasteiger partial charge in [0.1, 0.15) is 11.6 Å². The maximum absolute atomic E-state index is 11.9. The van der Waals surface area contributed by atoms with Crippen LogP contribution in [0.4, 0.5) is 10.5 Å². The molecule has 0 bridgehead atoms. The highest BCUT2D eigenvalue weighted by molar-refractivity contribution is 5.88. The fourth-order valence-corrected chi connectivity index (χ4v) is 2.02. The number of carbonyl (C=O) groups excluding carboxylic acids is 3. The van der Waals surface area contributed by atoms with Gasteiger partial charge in [0.05, 0.1) is 6.54 Å². The van der Waals surface area contributed by atoms with Gasteiger partial charge in [-0.25, -0.2) is 4.79 Å². The van der Waals surface area contributed by atoms with E-state index in [1.807, 2.05) is 32.0 Å². The average Bonchev–Trinajstić information content (AvgIpc) is 2.49. The molecule has 4 N–H and O–H groups in total. The maximum Gasteiger partial charge on any atom is 0.408 e. The molecule has 8 nitrogen and oxygen atoms in total. The molecule has 144 valence electrons. The molecule has 8 heteroatoms. The van der Waals surface area contributed by atoms with Gasteiger partial charge in [-0.3, -0.25) is 20.4 Å². The van der Waals surface area contributed by atoms with Gasteiger partial charge < -0.3 is 15.4 Å². The van der Waals surface area contributed by atoms with Crippen LogP contribution in [-0.4, -0.2) is 36.1 Å². The van der Waals surface area contributed by atoms with E-state index < -0.39 is 29.6 Å². The van der Waals surface area contributed by atoms with Crippen molar-refractivity contribution in [3.05, 3.63) is 29.3 Å². The second kappa shape index (κ2) is 9.07. The van der Waals surface area contributed by atoms with Crippen molar-refractivity contribution in [1.82, 2.24) is 16.2 Å². The molecule has 0 saturated carbocycles. The molecule has 0 heterocycles. The fraction of sp³-hybridized carbons (Fsp3) is 0.500. The van der Waals surface area contributed by atoms with Gasteiger partial charge in [0.25, 0.3) is 11.8 Å². The number of anilines is 1. The third-order valence-electron chi connectivity index (χ3n) is 3.27. The average molecular weight is 364 g/mol. The van der Waals surface area contributed by atoms with Crippen LogP contribution in [0.25, 0.3) is 0 Å². The number of hydrogen-bond acceptors (Lipinski definition) is 5. The van der Waals surface area contributed by atoms with Gasteiger partial charge in [0, 0.05) is 5.69 Å². The van der Waals surface area contributed by atoms with Crippen LogP contribution in [-0.2, 0) is 14.3 Å². The lowest BCUT2D eigenvalue weighted by Crippen LogP contribution is -2.52. The predicted molar refractivity (Wildman–Crippen MR) is 99.5 cm³/mol. The standard InChI is InChI=1S/C18H28N4O4/c1-11-7-8-14(12(2)9-11)19-10-15(23)21-22-16(24)13(3)20-17(25)26-18(4,5)6/h7-9,13,19H,10H2,1-6H3,(H,20,25)(H,21,23)(H,22,24). The van der Waals surface area contributed by atoms with Gasteiger partial charge in [-0.15, -0.1) is 0 Å². The van der Waals surface area contributed by atoms with E-state index >= 15 is 0 Å². The Morgan fingerprint density at radius 1 is 1.12 bits per heavy atom. The second-order valence-corrected chi connectivity index (χ2v) is 7.08. The molecule has 0 radical (unpaired) electrons. The van der Waals surface area contributed by atoms with Gasteiger partial charge >= 0.3 is 6.09 Å². The molecule has 1 rings (SSSR count). The Morgan fingerprint density at radius 3 is 2.35 bits per heavy atom. The summed E-state index contributed by atoms with van der Waals surface area (Å²) in [5, 5.41) is 5.39. The number of alkyl carbamates (subject to hydrolysis) is 1. The minimum absolute atomic E-state index is 0.00193. The van der Waals surface area contributed by atoms with Gasteiger partial charge in [-0.05, 0) is 53.2 Å². The normalized spacial score (nSPS) is 11.9. The summed E-state index contributed by atoms with van der Waals surface area (Å²) in [6.07, 6.45) is -0.706. The Kier molecular flexibility index (Phi) is 7.42. The van der Waals surface area contributed by atoms with E-state index in [-0.39, 0.29) is 6.54 Å². The highest BCUT2D eigenvalue weighted by Crippen LogP contribution is 2.15. The Morgan fingerprint density at radius 2 is 1.77 bits per heavy atom. The summed E-state index contributed by atoms with van der Waals surface area (Å²) in [4.78, 5) is 35.3. The summed E-state index contributed by atoms with van der Waals surface area (Å²) in [7, 11) is 0. The van der Waals surface area contributed by atoms with Crippen LogP contribution < -0.4 is 21.5 Å². The summed E-state index contributed by atoms with van der Waals surface area (Å²) in [5.41, 5.74) is 6.90.